The lowest BCUT2D eigenvalue weighted by atomic mass is 9.91. The summed E-state index contributed by atoms with van der Waals surface area (Å²) in [7, 11) is -0.0278. The van der Waals surface area contributed by atoms with Gasteiger partial charge in [0.25, 0.3) is 5.56 Å². The molecule has 0 amide bonds. The Kier molecular flexibility index (Phi) is 6.30. The van der Waals surface area contributed by atoms with Crippen molar-refractivity contribution in [3.63, 3.8) is 0 Å². The number of aryl methyl sites for hydroxylation is 1. The predicted molar refractivity (Wildman–Crippen MR) is 131 cm³/mol. The van der Waals surface area contributed by atoms with Crippen LogP contribution >= 0.6 is 0 Å². The van der Waals surface area contributed by atoms with E-state index in [4.69, 9.17) is 9.72 Å². The predicted octanol–water partition coefficient (Wildman–Crippen LogP) is 1.96. The summed E-state index contributed by atoms with van der Waals surface area (Å²) in [6.07, 6.45) is 0. The minimum absolute atomic E-state index is 0.139. The summed E-state index contributed by atoms with van der Waals surface area (Å²) in [6.45, 7) is 10.4. The number of nitrogens with one attached hydrogen (secondary N) is 1. The smallest absolute Gasteiger partial charge is 0.277 e. The van der Waals surface area contributed by atoms with Gasteiger partial charge in [0, 0.05) is 38.6 Å². The number of benzene rings is 1. The number of sulfonamides is 1. The van der Waals surface area contributed by atoms with Crippen LogP contribution in [-0.4, -0.2) is 77.2 Å². The van der Waals surface area contributed by atoms with Gasteiger partial charge in [-0.25, -0.2) is 13.4 Å². The fourth-order valence-electron chi connectivity index (χ4n) is 4.13. The van der Waals surface area contributed by atoms with Gasteiger partial charge >= 0.3 is 0 Å². The molecule has 1 N–H and O–H groups in total. The van der Waals surface area contributed by atoms with Crippen molar-refractivity contribution in [2.24, 2.45) is 7.05 Å². The second kappa shape index (κ2) is 8.79. The summed E-state index contributed by atoms with van der Waals surface area (Å²) >= 11 is 0. The number of piperazine rings is 1. The Morgan fingerprint density at radius 2 is 1.79 bits per heavy atom. The minimum Gasteiger partial charge on any atom is -0.493 e. The van der Waals surface area contributed by atoms with E-state index in [0.717, 1.165) is 0 Å². The van der Waals surface area contributed by atoms with Gasteiger partial charge in [0.1, 0.15) is 17.1 Å². The molecular weight excluding hydrogens is 456 g/mol. The Hall–Kier alpha value is -2.76. The van der Waals surface area contributed by atoms with Crippen molar-refractivity contribution >= 4 is 21.1 Å². The molecule has 1 fully saturated rings. The number of rotatable bonds is 5. The van der Waals surface area contributed by atoms with E-state index >= 15 is 0 Å². The van der Waals surface area contributed by atoms with Crippen LogP contribution in [0, 0.1) is 0 Å². The van der Waals surface area contributed by atoms with Crippen molar-refractivity contribution in [3.8, 4) is 17.1 Å². The molecule has 34 heavy (non-hydrogen) atoms. The standard InChI is InChI=1S/C23H32N6O4S/c1-7-33-17-9-8-15(34(31,32)29-12-10-27(5)11-13-29)14-16(17)21-24-18-19(22(30)25-21)28(6)26-20(18)23(2,3)4/h8-9,14H,7,10-13H2,1-6H3,(H,24,25,30). The van der Waals surface area contributed by atoms with Gasteiger partial charge in [0.2, 0.25) is 10.0 Å². The Morgan fingerprint density at radius 1 is 1.12 bits per heavy atom. The second-order valence-corrected chi connectivity index (χ2v) is 11.6. The molecule has 0 radical (unpaired) electrons. The molecule has 0 spiro atoms. The molecule has 0 atom stereocenters. The average Bonchev–Trinajstić information content (AvgIpc) is 3.12. The van der Waals surface area contributed by atoms with Crippen LogP contribution in [0.5, 0.6) is 5.75 Å². The highest BCUT2D eigenvalue weighted by Gasteiger charge is 2.29. The fraction of sp³-hybridized carbons (Fsp3) is 0.522. The molecule has 0 unspecified atom stereocenters. The van der Waals surface area contributed by atoms with Gasteiger partial charge < -0.3 is 14.6 Å². The van der Waals surface area contributed by atoms with E-state index in [-0.39, 0.29) is 21.7 Å². The van der Waals surface area contributed by atoms with Gasteiger partial charge in [0.15, 0.2) is 5.52 Å². The number of aromatic amines is 1. The lowest BCUT2D eigenvalue weighted by Gasteiger charge is -2.31. The van der Waals surface area contributed by atoms with Crippen molar-refractivity contribution in [2.45, 2.75) is 38.0 Å². The number of H-pyrrole nitrogens is 1. The largest absolute Gasteiger partial charge is 0.493 e. The van der Waals surface area contributed by atoms with E-state index in [2.05, 4.69) is 15.0 Å². The summed E-state index contributed by atoms with van der Waals surface area (Å²) in [5, 5.41) is 4.54. The molecule has 0 aliphatic carbocycles. The number of ether oxygens (including phenoxy) is 1. The van der Waals surface area contributed by atoms with Gasteiger partial charge in [-0.15, -0.1) is 0 Å². The number of nitrogens with zero attached hydrogens (tertiary/aromatic N) is 5. The highest BCUT2D eigenvalue weighted by Crippen LogP contribution is 2.33. The van der Waals surface area contributed by atoms with Crippen LogP contribution in [0.25, 0.3) is 22.4 Å². The van der Waals surface area contributed by atoms with Crippen molar-refractivity contribution in [3.05, 3.63) is 34.2 Å². The normalized spacial score (nSPS) is 16.3. The van der Waals surface area contributed by atoms with Gasteiger partial charge in [-0.2, -0.15) is 9.40 Å². The van der Waals surface area contributed by atoms with Crippen molar-refractivity contribution in [2.75, 3.05) is 39.8 Å². The SMILES string of the molecule is CCOc1ccc(S(=O)(=O)N2CCN(C)CC2)cc1-c1nc2c(C(C)(C)C)nn(C)c2c(=O)[nH]1. The molecule has 1 aliphatic heterocycles. The summed E-state index contributed by atoms with van der Waals surface area (Å²) in [6, 6.07) is 4.71. The molecule has 3 heterocycles. The van der Waals surface area contributed by atoms with Crippen LogP contribution in [-0.2, 0) is 22.5 Å². The highest BCUT2D eigenvalue weighted by atomic mass is 32.2. The number of hydrogen-bond donors (Lipinski definition) is 1. The van der Waals surface area contributed by atoms with Crippen molar-refractivity contribution in [1.82, 2.24) is 29.0 Å². The van der Waals surface area contributed by atoms with Gasteiger partial charge in [-0.1, -0.05) is 20.8 Å². The summed E-state index contributed by atoms with van der Waals surface area (Å²) in [4.78, 5) is 22.8. The summed E-state index contributed by atoms with van der Waals surface area (Å²) in [5.41, 5.74) is 1.28. The third-order valence-electron chi connectivity index (χ3n) is 6.01. The van der Waals surface area contributed by atoms with Crippen LogP contribution in [0.1, 0.15) is 33.4 Å². The molecular formula is C23H32N6O4S. The Bertz CT molecular complexity index is 1380. The molecule has 10 nitrogen and oxygen atoms in total. The lowest BCUT2D eigenvalue weighted by molar-refractivity contribution is 0.222. The molecule has 11 heteroatoms. The van der Waals surface area contributed by atoms with Gasteiger partial charge in [-0.05, 0) is 32.2 Å². The van der Waals surface area contributed by atoms with E-state index < -0.39 is 10.0 Å². The molecule has 3 aromatic rings. The zero-order chi connectivity index (χ0) is 24.8. The summed E-state index contributed by atoms with van der Waals surface area (Å²) in [5.74, 6) is 0.693. The Morgan fingerprint density at radius 3 is 2.41 bits per heavy atom. The van der Waals surface area contributed by atoms with E-state index in [1.807, 2.05) is 34.7 Å². The zero-order valence-corrected chi connectivity index (χ0v) is 21.4. The monoisotopic (exact) mass is 488 g/mol. The third kappa shape index (κ3) is 4.35. The topological polar surface area (TPSA) is 113 Å². The average molecular weight is 489 g/mol. The van der Waals surface area contributed by atoms with Gasteiger partial charge in [0.05, 0.1) is 22.8 Å². The van der Waals surface area contributed by atoms with Gasteiger partial charge in [-0.3, -0.25) is 9.48 Å². The molecule has 184 valence electrons. The summed E-state index contributed by atoms with van der Waals surface area (Å²) < 4.78 is 35.5. The van der Waals surface area contributed by atoms with E-state index in [1.165, 1.54) is 15.1 Å². The van der Waals surface area contributed by atoms with E-state index in [1.54, 1.807) is 19.2 Å². The van der Waals surface area contributed by atoms with E-state index in [0.29, 0.717) is 60.8 Å². The Balaban J connectivity index is 1.89. The first-order valence-electron chi connectivity index (χ1n) is 11.4. The lowest BCUT2D eigenvalue weighted by Crippen LogP contribution is -2.47. The molecule has 0 bridgehead atoms. The molecule has 2 aromatic heterocycles. The Labute approximate surface area is 199 Å². The molecule has 1 aromatic carbocycles. The maximum absolute atomic E-state index is 13.4. The van der Waals surface area contributed by atoms with Crippen molar-refractivity contribution < 1.29 is 13.2 Å². The van der Waals surface area contributed by atoms with Crippen molar-refractivity contribution in [1.29, 1.82) is 0 Å². The van der Waals surface area contributed by atoms with Crippen LogP contribution < -0.4 is 10.3 Å². The molecule has 1 aliphatic rings. The maximum atomic E-state index is 13.4. The maximum Gasteiger partial charge on any atom is 0.277 e. The van der Waals surface area contributed by atoms with Crippen LogP contribution in [0.3, 0.4) is 0 Å². The fourth-order valence-corrected chi connectivity index (χ4v) is 5.57. The first kappa shape index (κ1) is 24.4. The highest BCUT2D eigenvalue weighted by molar-refractivity contribution is 7.89. The third-order valence-corrected chi connectivity index (χ3v) is 7.90. The van der Waals surface area contributed by atoms with Crippen LogP contribution in [0.2, 0.25) is 0 Å². The minimum atomic E-state index is -3.71. The number of likely N-dealkylation sites (N-methyl/N-ethyl adjacent to an activating group) is 1. The first-order chi connectivity index (χ1) is 15.9. The number of fused-ring (bicyclic) bond motifs is 1. The van der Waals surface area contributed by atoms with E-state index in [9.17, 15) is 13.2 Å². The first-order valence-corrected chi connectivity index (χ1v) is 12.8. The zero-order valence-electron chi connectivity index (χ0n) is 20.5. The van der Waals surface area contributed by atoms with Crippen LogP contribution in [0.15, 0.2) is 27.9 Å². The molecule has 4 rings (SSSR count). The number of aromatic nitrogens is 4. The molecule has 1 saturated heterocycles. The second-order valence-electron chi connectivity index (χ2n) is 9.63. The van der Waals surface area contributed by atoms with Crippen LogP contribution in [0.4, 0.5) is 0 Å². The quantitative estimate of drug-likeness (QED) is 0.584. The molecule has 0 saturated carbocycles. The number of hydrogen-bond acceptors (Lipinski definition) is 7.